The number of aromatic hydroxyl groups is 1. The zero-order valence-corrected chi connectivity index (χ0v) is 11.1. The monoisotopic (exact) mass is 287 g/mol. The summed E-state index contributed by atoms with van der Waals surface area (Å²) in [6.07, 6.45) is -0.280. The van der Waals surface area contributed by atoms with E-state index in [1.807, 2.05) is 24.3 Å². The Labute approximate surface area is 120 Å². The van der Waals surface area contributed by atoms with Gasteiger partial charge in [0.2, 0.25) is 0 Å². The van der Waals surface area contributed by atoms with Gasteiger partial charge in [0, 0.05) is 6.42 Å². The van der Waals surface area contributed by atoms with Crippen LogP contribution in [0.3, 0.4) is 0 Å². The van der Waals surface area contributed by atoms with Gasteiger partial charge in [-0.05, 0) is 29.3 Å². The van der Waals surface area contributed by atoms with Crippen molar-refractivity contribution in [3.63, 3.8) is 0 Å². The molecule has 0 saturated heterocycles. The lowest BCUT2D eigenvalue weighted by Gasteiger charge is -2.18. The second-order valence-electron chi connectivity index (χ2n) is 5.08. The largest absolute Gasteiger partial charge is 0.507 e. The third-order valence-electron chi connectivity index (χ3n) is 3.69. The molecule has 0 heterocycles. The van der Waals surface area contributed by atoms with E-state index in [0.717, 1.165) is 29.3 Å². The predicted octanol–water partition coefficient (Wildman–Crippen LogP) is 1.92. The van der Waals surface area contributed by atoms with Crippen molar-refractivity contribution in [1.82, 2.24) is 5.32 Å². The van der Waals surface area contributed by atoms with Crippen molar-refractivity contribution < 1.29 is 19.4 Å². The molecule has 1 aliphatic carbocycles. The Kier molecular flexibility index (Phi) is 3.35. The molecular weight excluding hydrogens is 273 g/mol. The zero-order chi connectivity index (χ0) is 15.0. The highest BCUT2D eigenvalue weighted by Gasteiger charge is 2.32. The highest BCUT2D eigenvalue weighted by atomic mass is 19.1. The van der Waals surface area contributed by atoms with Crippen molar-refractivity contribution in [1.29, 1.82) is 0 Å². The van der Waals surface area contributed by atoms with E-state index in [-0.39, 0.29) is 11.3 Å². The predicted molar refractivity (Wildman–Crippen MR) is 74.4 cm³/mol. The van der Waals surface area contributed by atoms with Crippen LogP contribution in [0.1, 0.15) is 27.5 Å². The summed E-state index contributed by atoms with van der Waals surface area (Å²) in [5.41, 5.74) is 1.67. The molecule has 0 spiro atoms. The number of nitrogens with one attached hydrogen (secondary N) is 1. The van der Waals surface area contributed by atoms with E-state index in [0.29, 0.717) is 6.42 Å². The molecule has 0 unspecified atom stereocenters. The van der Waals surface area contributed by atoms with Crippen LogP contribution in [0.25, 0.3) is 0 Å². The van der Waals surface area contributed by atoms with Crippen molar-refractivity contribution in [2.24, 2.45) is 0 Å². The molecule has 2 atom stereocenters. The van der Waals surface area contributed by atoms with Crippen LogP contribution in [0.15, 0.2) is 42.5 Å². The molecule has 1 amide bonds. The third-order valence-corrected chi connectivity index (χ3v) is 3.69. The zero-order valence-electron chi connectivity index (χ0n) is 11.1. The molecule has 2 aromatic carbocycles. The molecule has 0 bridgehead atoms. The Morgan fingerprint density at radius 2 is 2.00 bits per heavy atom. The fourth-order valence-electron chi connectivity index (χ4n) is 2.66. The number of rotatable bonds is 2. The van der Waals surface area contributed by atoms with Crippen LogP contribution in [-0.4, -0.2) is 22.2 Å². The maximum absolute atomic E-state index is 13.2. The van der Waals surface area contributed by atoms with E-state index in [2.05, 4.69) is 5.32 Å². The van der Waals surface area contributed by atoms with Crippen molar-refractivity contribution in [2.75, 3.05) is 0 Å². The van der Waals surface area contributed by atoms with Gasteiger partial charge in [-0.2, -0.15) is 0 Å². The number of aliphatic hydroxyl groups is 1. The van der Waals surface area contributed by atoms with Gasteiger partial charge < -0.3 is 15.5 Å². The van der Waals surface area contributed by atoms with Gasteiger partial charge in [0.1, 0.15) is 11.6 Å². The van der Waals surface area contributed by atoms with E-state index in [9.17, 15) is 19.4 Å². The Bertz CT molecular complexity index is 702. The van der Waals surface area contributed by atoms with Crippen LogP contribution >= 0.6 is 0 Å². The first-order valence-electron chi connectivity index (χ1n) is 6.61. The minimum Gasteiger partial charge on any atom is -0.507 e. The van der Waals surface area contributed by atoms with Gasteiger partial charge in [-0.3, -0.25) is 4.79 Å². The molecule has 21 heavy (non-hydrogen) atoms. The van der Waals surface area contributed by atoms with Gasteiger partial charge >= 0.3 is 0 Å². The summed E-state index contributed by atoms with van der Waals surface area (Å²) in [7, 11) is 0. The molecule has 4 nitrogen and oxygen atoms in total. The lowest BCUT2D eigenvalue weighted by atomic mass is 10.1. The second-order valence-corrected chi connectivity index (χ2v) is 5.08. The van der Waals surface area contributed by atoms with E-state index in [1.165, 1.54) is 0 Å². The van der Waals surface area contributed by atoms with Gasteiger partial charge in [-0.15, -0.1) is 0 Å². The highest BCUT2D eigenvalue weighted by molar-refractivity contribution is 5.97. The van der Waals surface area contributed by atoms with Crippen molar-refractivity contribution in [3.8, 4) is 5.75 Å². The van der Waals surface area contributed by atoms with Crippen LogP contribution in [-0.2, 0) is 6.42 Å². The number of hydrogen-bond donors (Lipinski definition) is 3. The molecular formula is C16H14FNO3. The molecule has 2 aromatic rings. The number of carbonyl (C=O) groups is 1. The van der Waals surface area contributed by atoms with Gasteiger partial charge in [-0.1, -0.05) is 24.3 Å². The Hall–Kier alpha value is -2.40. The van der Waals surface area contributed by atoms with Gasteiger partial charge in [-0.25, -0.2) is 4.39 Å². The van der Waals surface area contributed by atoms with Gasteiger partial charge in [0.05, 0.1) is 17.7 Å². The van der Waals surface area contributed by atoms with Crippen LogP contribution in [0.4, 0.5) is 4.39 Å². The SMILES string of the molecule is O=C(N[C@@H]1c2ccccc2C[C@@H]1O)c1cc(F)ccc1O. The molecule has 5 heteroatoms. The summed E-state index contributed by atoms with van der Waals surface area (Å²) < 4.78 is 13.2. The van der Waals surface area contributed by atoms with E-state index >= 15 is 0 Å². The third kappa shape index (κ3) is 2.48. The number of aliphatic hydroxyl groups excluding tert-OH is 1. The summed E-state index contributed by atoms with van der Waals surface area (Å²) in [6, 6.07) is 10.0. The number of amides is 1. The van der Waals surface area contributed by atoms with Crippen LogP contribution in [0.2, 0.25) is 0 Å². The van der Waals surface area contributed by atoms with Gasteiger partial charge in [0.25, 0.3) is 5.91 Å². The second kappa shape index (κ2) is 5.18. The first-order chi connectivity index (χ1) is 10.1. The molecule has 3 N–H and O–H groups in total. The Morgan fingerprint density at radius 3 is 2.81 bits per heavy atom. The average molecular weight is 287 g/mol. The highest BCUT2D eigenvalue weighted by Crippen LogP contribution is 2.31. The number of fused-ring (bicyclic) bond motifs is 1. The quantitative estimate of drug-likeness (QED) is 0.790. The molecule has 1 aliphatic rings. The molecule has 108 valence electrons. The number of phenols is 1. The maximum Gasteiger partial charge on any atom is 0.255 e. The summed E-state index contributed by atoms with van der Waals surface area (Å²) in [4.78, 5) is 12.2. The maximum atomic E-state index is 13.2. The topological polar surface area (TPSA) is 69.6 Å². The molecule has 0 aliphatic heterocycles. The number of hydrogen-bond acceptors (Lipinski definition) is 3. The van der Waals surface area contributed by atoms with Crippen LogP contribution in [0.5, 0.6) is 5.75 Å². The van der Waals surface area contributed by atoms with Crippen molar-refractivity contribution in [2.45, 2.75) is 18.6 Å². The molecule has 0 aromatic heterocycles. The van der Waals surface area contributed by atoms with Crippen LogP contribution in [0, 0.1) is 5.82 Å². The van der Waals surface area contributed by atoms with E-state index in [1.54, 1.807) is 0 Å². The fourth-order valence-corrected chi connectivity index (χ4v) is 2.66. The molecule has 0 radical (unpaired) electrons. The molecule has 3 rings (SSSR count). The summed E-state index contributed by atoms with van der Waals surface area (Å²) in [5, 5.41) is 22.4. The number of phenolic OH excluding ortho intramolecular Hbond substituents is 1. The minimum atomic E-state index is -0.734. The average Bonchev–Trinajstić information content (AvgIpc) is 2.78. The normalized spacial score (nSPS) is 20.1. The number of halogens is 1. The standard InChI is InChI=1S/C16H14FNO3/c17-10-5-6-13(19)12(8-10)16(21)18-15-11-4-2-1-3-9(11)7-14(15)20/h1-6,8,14-15,19-20H,7H2,(H,18,21)/t14-,15+/m0/s1. The smallest absolute Gasteiger partial charge is 0.255 e. The lowest BCUT2D eigenvalue weighted by Crippen LogP contribution is -2.33. The minimum absolute atomic E-state index is 0.147. The summed E-state index contributed by atoms with van der Waals surface area (Å²) in [5.74, 6) is -1.52. The lowest BCUT2D eigenvalue weighted by molar-refractivity contribution is 0.0855. The van der Waals surface area contributed by atoms with Crippen LogP contribution < -0.4 is 5.32 Å². The van der Waals surface area contributed by atoms with E-state index in [4.69, 9.17) is 0 Å². The van der Waals surface area contributed by atoms with Crippen molar-refractivity contribution >= 4 is 5.91 Å². The van der Waals surface area contributed by atoms with E-state index < -0.39 is 23.9 Å². The Morgan fingerprint density at radius 1 is 1.24 bits per heavy atom. The first-order valence-corrected chi connectivity index (χ1v) is 6.61. The van der Waals surface area contributed by atoms with Gasteiger partial charge in [0.15, 0.2) is 0 Å². The fraction of sp³-hybridized carbons (Fsp3) is 0.188. The summed E-state index contributed by atoms with van der Waals surface area (Å²) in [6.45, 7) is 0. The number of benzene rings is 2. The first kappa shape index (κ1) is 13.6. The Balaban J connectivity index is 1.87. The molecule has 0 saturated carbocycles. The molecule has 0 fully saturated rings. The number of carbonyl (C=O) groups excluding carboxylic acids is 1. The summed E-state index contributed by atoms with van der Waals surface area (Å²) >= 11 is 0. The van der Waals surface area contributed by atoms with Crippen molar-refractivity contribution in [3.05, 3.63) is 65.0 Å².